The molecule has 0 fully saturated rings. The summed E-state index contributed by atoms with van der Waals surface area (Å²) < 4.78 is 33.9. The van der Waals surface area contributed by atoms with Gasteiger partial charge in [0.05, 0.1) is 32.5 Å². The first-order valence-electron chi connectivity index (χ1n) is 7.59. The highest BCUT2D eigenvalue weighted by molar-refractivity contribution is 7.53. The summed E-state index contributed by atoms with van der Waals surface area (Å²) in [7, 11) is -3.44. The lowest BCUT2D eigenvalue weighted by Gasteiger charge is -2.17. The molecule has 24 heavy (non-hydrogen) atoms. The molecule has 1 aromatic rings. The molecule has 0 aliphatic heterocycles. The van der Waals surface area contributed by atoms with E-state index in [1.807, 2.05) is 0 Å². The first-order chi connectivity index (χ1) is 11.4. The van der Waals surface area contributed by atoms with Crippen LogP contribution in [0.3, 0.4) is 0 Å². The monoisotopic (exact) mass is 359 g/mol. The number of ether oxygens (including phenoxy) is 1. The molecule has 0 bridgehead atoms. The normalized spacial score (nSPS) is 11.2. The van der Waals surface area contributed by atoms with Crippen molar-refractivity contribution in [3.8, 4) is 0 Å². The van der Waals surface area contributed by atoms with Crippen molar-refractivity contribution in [3.05, 3.63) is 33.1 Å². The largest absolute Gasteiger partial charge is 0.465 e. The topological polar surface area (TPSA) is 124 Å². The van der Waals surface area contributed by atoms with Crippen molar-refractivity contribution in [2.75, 3.05) is 19.8 Å². The van der Waals surface area contributed by atoms with Gasteiger partial charge in [-0.2, -0.15) is 0 Å². The Balaban J connectivity index is 3.34. The summed E-state index contributed by atoms with van der Waals surface area (Å²) >= 11 is 0. The van der Waals surface area contributed by atoms with Gasteiger partial charge in [0.15, 0.2) is 0 Å². The number of rotatable bonds is 10. The zero-order valence-electron chi connectivity index (χ0n) is 14.3. The first kappa shape index (κ1) is 20.3. The number of esters is 1. The third-order valence-corrected chi connectivity index (χ3v) is 5.05. The lowest BCUT2D eigenvalue weighted by Crippen LogP contribution is -2.10. The zero-order chi connectivity index (χ0) is 18.2. The maximum atomic E-state index is 12.8. The fourth-order valence-electron chi connectivity index (χ4n) is 2.20. The lowest BCUT2D eigenvalue weighted by atomic mass is 10.1. The molecule has 0 aromatic carbocycles. The maximum absolute atomic E-state index is 12.8. The molecule has 0 unspecified atom stereocenters. The highest BCUT2D eigenvalue weighted by Gasteiger charge is 2.32. The van der Waals surface area contributed by atoms with Crippen LogP contribution in [0.5, 0.6) is 0 Å². The molecule has 0 N–H and O–H groups in total. The number of carbonyl (C=O) groups is 1. The molecular weight excluding hydrogens is 337 g/mol. The predicted octanol–water partition coefficient (Wildman–Crippen LogP) is 4.34. The van der Waals surface area contributed by atoms with Gasteiger partial charge in [0.2, 0.25) is 0 Å². The van der Waals surface area contributed by atoms with E-state index in [1.165, 1.54) is 0 Å². The van der Waals surface area contributed by atoms with Crippen LogP contribution in [0.25, 0.3) is 10.4 Å². The minimum absolute atomic E-state index is 0.112. The number of nitrogens with zero attached hydrogens (tertiary/aromatic N) is 3. The number of hydrogen-bond acceptors (Lipinski definition) is 7. The van der Waals surface area contributed by atoms with Gasteiger partial charge in [0, 0.05) is 10.5 Å². The molecule has 0 atom stereocenters. The number of carbonyl (C=O) groups excluding carboxylic acids is 1. The molecule has 0 radical (unpaired) electrons. The summed E-state index contributed by atoms with van der Waals surface area (Å²) in [5, 5.41) is 3.42. The lowest BCUT2D eigenvalue weighted by molar-refractivity contribution is 0.0523. The molecule has 1 rings (SSSR count). The van der Waals surface area contributed by atoms with Gasteiger partial charge in [-0.05, 0) is 33.2 Å². The summed E-state index contributed by atoms with van der Waals surface area (Å²) in [6, 6.07) is 0. The van der Waals surface area contributed by atoms with E-state index in [0.29, 0.717) is 11.3 Å². The molecule has 9 nitrogen and oxygen atoms in total. The van der Waals surface area contributed by atoms with Crippen LogP contribution in [0.15, 0.2) is 9.53 Å². The third-order valence-electron chi connectivity index (χ3n) is 3.04. The molecule has 0 aliphatic rings. The van der Waals surface area contributed by atoms with Gasteiger partial charge < -0.3 is 18.2 Å². The van der Waals surface area contributed by atoms with Crippen LogP contribution >= 0.6 is 7.60 Å². The zero-order valence-corrected chi connectivity index (χ0v) is 15.2. The van der Waals surface area contributed by atoms with Crippen molar-refractivity contribution in [2.45, 2.75) is 40.4 Å². The van der Waals surface area contributed by atoms with Crippen LogP contribution in [-0.4, -0.2) is 25.8 Å². The van der Waals surface area contributed by atoms with Crippen LogP contribution in [-0.2, 0) is 31.1 Å². The quantitative estimate of drug-likeness (QED) is 0.201. The highest BCUT2D eigenvalue weighted by Crippen LogP contribution is 2.52. The molecule has 1 heterocycles. The van der Waals surface area contributed by atoms with E-state index >= 15 is 0 Å². The SMILES string of the molecule is CCOC(=O)c1c(CN=[N+]=[N-])oc(C)c1CP(=O)(OCC)OCC. The van der Waals surface area contributed by atoms with Gasteiger partial charge in [0.1, 0.15) is 17.1 Å². The summed E-state index contributed by atoms with van der Waals surface area (Å²) in [6.07, 6.45) is -0.131. The summed E-state index contributed by atoms with van der Waals surface area (Å²) in [5.41, 5.74) is 8.97. The minimum atomic E-state index is -3.44. The Morgan fingerprint density at radius 2 is 1.88 bits per heavy atom. The van der Waals surface area contributed by atoms with Gasteiger partial charge in [0.25, 0.3) is 0 Å². The number of hydrogen-bond donors (Lipinski definition) is 0. The second-order valence-corrected chi connectivity index (χ2v) is 6.70. The first-order valence-corrected chi connectivity index (χ1v) is 9.32. The Morgan fingerprint density at radius 1 is 1.25 bits per heavy atom. The minimum Gasteiger partial charge on any atom is -0.465 e. The molecule has 134 valence electrons. The summed E-state index contributed by atoms with van der Waals surface area (Å²) in [6.45, 7) is 7.11. The Morgan fingerprint density at radius 3 is 2.38 bits per heavy atom. The third kappa shape index (κ3) is 5.11. The van der Waals surface area contributed by atoms with Gasteiger partial charge in [-0.25, -0.2) is 4.79 Å². The van der Waals surface area contributed by atoms with Crippen molar-refractivity contribution in [1.82, 2.24) is 0 Å². The van der Waals surface area contributed by atoms with Crippen molar-refractivity contribution >= 4 is 13.6 Å². The van der Waals surface area contributed by atoms with E-state index in [-0.39, 0.29) is 43.9 Å². The van der Waals surface area contributed by atoms with Crippen LogP contribution in [0.1, 0.15) is 48.2 Å². The summed E-state index contributed by atoms with van der Waals surface area (Å²) in [4.78, 5) is 14.9. The van der Waals surface area contributed by atoms with Crippen molar-refractivity contribution < 1.29 is 27.6 Å². The van der Waals surface area contributed by atoms with Gasteiger partial charge in [-0.15, -0.1) is 0 Å². The van der Waals surface area contributed by atoms with Crippen LogP contribution in [0, 0.1) is 6.92 Å². The number of aryl methyl sites for hydroxylation is 1. The number of furan rings is 1. The Bertz CT molecular complexity index is 656. The average molecular weight is 359 g/mol. The maximum Gasteiger partial charge on any atom is 0.342 e. The smallest absolute Gasteiger partial charge is 0.342 e. The molecule has 0 saturated heterocycles. The Kier molecular flexibility index (Phi) is 8.01. The molecular formula is C14H22N3O6P. The molecule has 0 aliphatic carbocycles. The van der Waals surface area contributed by atoms with E-state index in [2.05, 4.69) is 10.0 Å². The number of azide groups is 1. The average Bonchev–Trinajstić information content (AvgIpc) is 2.81. The van der Waals surface area contributed by atoms with E-state index in [1.54, 1.807) is 27.7 Å². The molecule has 10 heteroatoms. The molecule has 0 spiro atoms. The fourth-order valence-corrected chi connectivity index (χ4v) is 4.01. The predicted molar refractivity (Wildman–Crippen MR) is 86.8 cm³/mol. The van der Waals surface area contributed by atoms with Gasteiger partial charge in [-0.1, -0.05) is 5.11 Å². The van der Waals surface area contributed by atoms with E-state index in [9.17, 15) is 9.36 Å². The second-order valence-electron chi connectivity index (χ2n) is 4.65. The Labute approximate surface area is 140 Å². The second kappa shape index (κ2) is 9.49. The van der Waals surface area contributed by atoms with E-state index in [0.717, 1.165) is 0 Å². The van der Waals surface area contributed by atoms with Crippen molar-refractivity contribution in [2.24, 2.45) is 5.11 Å². The molecule has 0 amide bonds. The van der Waals surface area contributed by atoms with Crippen molar-refractivity contribution in [1.29, 1.82) is 0 Å². The molecule has 0 saturated carbocycles. The standard InChI is InChI=1S/C14H22N3O6P/c1-5-20-14(18)13-11(9-24(19,21-6-2)22-7-3)10(4)23-12(13)8-16-17-15/h5-9H2,1-4H3. The van der Waals surface area contributed by atoms with Crippen LogP contribution < -0.4 is 0 Å². The fraction of sp³-hybridized carbons (Fsp3) is 0.643. The van der Waals surface area contributed by atoms with E-state index < -0.39 is 13.6 Å². The summed E-state index contributed by atoms with van der Waals surface area (Å²) in [5.74, 6) is -0.0915. The van der Waals surface area contributed by atoms with Crippen LogP contribution in [0.2, 0.25) is 0 Å². The Hall–Kier alpha value is -1.79. The molecule has 1 aromatic heterocycles. The highest BCUT2D eigenvalue weighted by atomic mass is 31.2. The van der Waals surface area contributed by atoms with Gasteiger partial charge in [-0.3, -0.25) is 4.57 Å². The van der Waals surface area contributed by atoms with Crippen molar-refractivity contribution in [3.63, 3.8) is 0 Å². The van der Waals surface area contributed by atoms with Gasteiger partial charge >= 0.3 is 13.6 Å². The van der Waals surface area contributed by atoms with Crippen LogP contribution in [0.4, 0.5) is 0 Å². The van der Waals surface area contributed by atoms with E-state index in [4.69, 9.17) is 23.7 Å².